The van der Waals surface area contributed by atoms with E-state index in [2.05, 4.69) is 54.0 Å². The Hall–Kier alpha value is -3.14. The molecule has 0 saturated heterocycles. The Morgan fingerprint density at radius 3 is 2.39 bits per heavy atom. The number of nitrogens with zero attached hydrogens (tertiary/aromatic N) is 3. The molecule has 4 nitrogen and oxygen atoms in total. The third kappa shape index (κ3) is 2.68. The van der Waals surface area contributed by atoms with E-state index in [1.807, 2.05) is 12.1 Å². The van der Waals surface area contributed by atoms with Gasteiger partial charge in [0, 0.05) is 16.9 Å². The van der Waals surface area contributed by atoms with Gasteiger partial charge in [-0.15, -0.1) is 0 Å². The lowest BCUT2D eigenvalue weighted by Gasteiger charge is -2.21. The van der Waals surface area contributed by atoms with Gasteiger partial charge in [0.25, 0.3) is 0 Å². The second-order valence-electron chi connectivity index (χ2n) is 7.35. The van der Waals surface area contributed by atoms with Gasteiger partial charge in [-0.2, -0.15) is 0 Å². The van der Waals surface area contributed by atoms with Crippen LogP contribution in [0, 0.1) is 6.92 Å². The summed E-state index contributed by atoms with van der Waals surface area (Å²) in [4.78, 5) is 9.83. The molecule has 140 valence electrons. The molecule has 0 spiro atoms. The van der Waals surface area contributed by atoms with E-state index in [4.69, 9.17) is 14.7 Å². The van der Waals surface area contributed by atoms with Crippen molar-refractivity contribution >= 4 is 11.2 Å². The number of aromatic nitrogens is 3. The number of rotatable bonds is 3. The van der Waals surface area contributed by atoms with E-state index in [0.717, 1.165) is 41.3 Å². The lowest BCUT2D eigenvalue weighted by Crippen LogP contribution is -2.09. The van der Waals surface area contributed by atoms with Crippen LogP contribution >= 0.6 is 0 Å². The fourth-order valence-electron chi connectivity index (χ4n) is 4.34. The van der Waals surface area contributed by atoms with Crippen molar-refractivity contribution in [2.45, 2.75) is 32.6 Å². The van der Waals surface area contributed by atoms with E-state index in [9.17, 15) is 0 Å². The Morgan fingerprint density at radius 2 is 1.64 bits per heavy atom. The highest BCUT2D eigenvalue weighted by molar-refractivity contribution is 5.94. The number of hydrogen-bond acceptors (Lipinski definition) is 3. The number of aryl methyl sites for hydroxylation is 2. The molecule has 0 saturated carbocycles. The van der Waals surface area contributed by atoms with Crippen LogP contribution in [0.4, 0.5) is 0 Å². The van der Waals surface area contributed by atoms with Crippen LogP contribution in [0.1, 0.15) is 29.9 Å². The van der Waals surface area contributed by atoms with E-state index in [-0.39, 0.29) is 0 Å². The molecule has 0 unspecified atom stereocenters. The summed E-state index contributed by atoms with van der Waals surface area (Å²) in [7, 11) is 1.69. The molecule has 2 aromatic carbocycles. The van der Waals surface area contributed by atoms with Crippen molar-refractivity contribution in [2.24, 2.45) is 0 Å². The summed E-state index contributed by atoms with van der Waals surface area (Å²) in [6.07, 6.45) is 4.54. The summed E-state index contributed by atoms with van der Waals surface area (Å²) in [6, 6.07) is 18.8. The predicted molar refractivity (Wildman–Crippen MR) is 112 cm³/mol. The quantitative estimate of drug-likeness (QED) is 0.493. The number of benzene rings is 2. The van der Waals surface area contributed by atoms with Gasteiger partial charge in [0.1, 0.15) is 17.1 Å². The minimum absolute atomic E-state index is 0.841. The minimum Gasteiger partial charge on any atom is -0.497 e. The lowest BCUT2D eigenvalue weighted by molar-refractivity contribution is 0.415. The monoisotopic (exact) mass is 369 g/mol. The molecular weight excluding hydrogens is 346 g/mol. The van der Waals surface area contributed by atoms with Crippen molar-refractivity contribution in [1.29, 1.82) is 0 Å². The molecule has 0 N–H and O–H groups in total. The number of pyridine rings is 1. The second-order valence-corrected chi connectivity index (χ2v) is 7.35. The van der Waals surface area contributed by atoms with Crippen molar-refractivity contribution in [3.8, 4) is 22.6 Å². The number of methoxy groups -OCH3 is 1. The fraction of sp³-hybridized carbons (Fsp3) is 0.250. The van der Waals surface area contributed by atoms with Crippen molar-refractivity contribution in [1.82, 2.24) is 14.5 Å². The SMILES string of the molecule is COc1ccc(-n2c(C)nc3nc4c(c(-c5ccccc5)c32)CCCC4)cc1. The summed E-state index contributed by atoms with van der Waals surface area (Å²) >= 11 is 0. The Balaban J connectivity index is 1.86. The smallest absolute Gasteiger partial charge is 0.179 e. The van der Waals surface area contributed by atoms with Crippen molar-refractivity contribution < 1.29 is 4.74 Å². The van der Waals surface area contributed by atoms with Crippen LogP contribution in [0.2, 0.25) is 0 Å². The Kier molecular flexibility index (Phi) is 4.12. The number of fused-ring (bicyclic) bond motifs is 2. The average molecular weight is 369 g/mol. The molecule has 5 rings (SSSR count). The van der Waals surface area contributed by atoms with Crippen LogP contribution in [0.5, 0.6) is 5.75 Å². The van der Waals surface area contributed by atoms with E-state index in [1.54, 1.807) is 7.11 Å². The maximum Gasteiger partial charge on any atom is 0.179 e. The summed E-state index contributed by atoms with van der Waals surface area (Å²) in [5, 5.41) is 0. The largest absolute Gasteiger partial charge is 0.497 e. The first-order valence-electron chi connectivity index (χ1n) is 9.87. The van der Waals surface area contributed by atoms with Crippen LogP contribution in [-0.2, 0) is 12.8 Å². The fourth-order valence-corrected chi connectivity index (χ4v) is 4.34. The van der Waals surface area contributed by atoms with E-state index >= 15 is 0 Å². The first kappa shape index (κ1) is 17.0. The lowest BCUT2D eigenvalue weighted by atomic mass is 9.88. The standard InChI is InChI=1S/C24H23N3O/c1-16-25-24-23(27(16)18-12-14-19(28-2)15-13-18)22(17-8-4-3-5-9-17)20-10-6-7-11-21(20)26-24/h3-5,8-9,12-15H,6-7,10-11H2,1-2H3. The maximum absolute atomic E-state index is 5.33. The van der Waals surface area contributed by atoms with Crippen molar-refractivity contribution in [2.75, 3.05) is 7.11 Å². The predicted octanol–water partition coefficient (Wildman–Crippen LogP) is 5.28. The second kappa shape index (κ2) is 6.79. The molecule has 0 radical (unpaired) electrons. The van der Waals surface area contributed by atoms with E-state index < -0.39 is 0 Å². The molecule has 0 amide bonds. The summed E-state index contributed by atoms with van der Waals surface area (Å²) in [5.41, 5.74) is 8.16. The molecule has 4 heteroatoms. The normalized spacial score (nSPS) is 13.5. The van der Waals surface area contributed by atoms with Gasteiger partial charge in [-0.1, -0.05) is 30.3 Å². The first-order chi connectivity index (χ1) is 13.8. The van der Waals surface area contributed by atoms with Crippen LogP contribution in [0.15, 0.2) is 54.6 Å². The summed E-state index contributed by atoms with van der Waals surface area (Å²) in [6.45, 7) is 2.06. The third-order valence-electron chi connectivity index (χ3n) is 5.64. The van der Waals surface area contributed by atoms with Crippen molar-refractivity contribution in [3.05, 3.63) is 71.7 Å². The van der Waals surface area contributed by atoms with Gasteiger partial charge in [0.15, 0.2) is 5.65 Å². The van der Waals surface area contributed by atoms with Crippen LogP contribution in [0.25, 0.3) is 28.0 Å². The molecule has 2 aromatic heterocycles. The molecule has 0 atom stereocenters. The zero-order chi connectivity index (χ0) is 19.1. The van der Waals surface area contributed by atoms with Gasteiger partial charge in [0.2, 0.25) is 0 Å². The van der Waals surface area contributed by atoms with Gasteiger partial charge < -0.3 is 4.74 Å². The summed E-state index contributed by atoms with van der Waals surface area (Å²) in [5.74, 6) is 1.80. The molecule has 4 aromatic rings. The van der Waals surface area contributed by atoms with Crippen LogP contribution in [0.3, 0.4) is 0 Å². The Labute approximate surface area is 164 Å². The highest BCUT2D eigenvalue weighted by Crippen LogP contribution is 2.38. The molecule has 28 heavy (non-hydrogen) atoms. The Morgan fingerprint density at radius 1 is 0.893 bits per heavy atom. The zero-order valence-corrected chi connectivity index (χ0v) is 16.3. The van der Waals surface area contributed by atoms with E-state index in [1.165, 1.54) is 35.2 Å². The number of ether oxygens (including phenoxy) is 1. The van der Waals surface area contributed by atoms with Gasteiger partial charge in [-0.05, 0) is 68.0 Å². The average Bonchev–Trinajstić information content (AvgIpc) is 3.07. The summed E-state index contributed by atoms with van der Waals surface area (Å²) < 4.78 is 7.57. The maximum atomic E-state index is 5.33. The molecule has 2 heterocycles. The highest BCUT2D eigenvalue weighted by Gasteiger charge is 2.23. The molecule has 0 aliphatic heterocycles. The minimum atomic E-state index is 0.841. The van der Waals surface area contributed by atoms with Gasteiger partial charge in [-0.25, -0.2) is 9.97 Å². The molecule has 0 fully saturated rings. The molecular formula is C24H23N3O. The van der Waals surface area contributed by atoms with Gasteiger partial charge in [0.05, 0.1) is 7.11 Å². The van der Waals surface area contributed by atoms with Gasteiger partial charge in [-0.3, -0.25) is 4.57 Å². The number of imidazole rings is 1. The zero-order valence-electron chi connectivity index (χ0n) is 16.3. The van der Waals surface area contributed by atoms with Crippen molar-refractivity contribution in [3.63, 3.8) is 0 Å². The molecule has 1 aliphatic rings. The molecule has 1 aliphatic carbocycles. The first-order valence-corrected chi connectivity index (χ1v) is 9.87. The Bertz CT molecular complexity index is 1140. The molecule has 0 bridgehead atoms. The third-order valence-corrected chi connectivity index (χ3v) is 5.64. The highest BCUT2D eigenvalue weighted by atomic mass is 16.5. The van der Waals surface area contributed by atoms with E-state index in [0.29, 0.717) is 0 Å². The topological polar surface area (TPSA) is 39.9 Å². The van der Waals surface area contributed by atoms with Crippen LogP contribution < -0.4 is 4.74 Å². The van der Waals surface area contributed by atoms with Crippen LogP contribution in [-0.4, -0.2) is 21.6 Å². The van der Waals surface area contributed by atoms with Gasteiger partial charge >= 0.3 is 0 Å². The number of hydrogen-bond donors (Lipinski definition) is 0.